The molecule has 1 N–H and O–H groups in total. The van der Waals surface area contributed by atoms with Gasteiger partial charge in [0.15, 0.2) is 0 Å². The van der Waals surface area contributed by atoms with E-state index in [-0.39, 0.29) is 18.1 Å². The quantitative estimate of drug-likeness (QED) is 0.866. The first-order chi connectivity index (χ1) is 7.68. The van der Waals surface area contributed by atoms with Crippen LogP contribution in [0.4, 0.5) is 0 Å². The fourth-order valence-electron chi connectivity index (χ4n) is 1.87. The van der Waals surface area contributed by atoms with E-state index in [2.05, 4.69) is 21.2 Å². The van der Waals surface area contributed by atoms with Crippen LogP contribution in [0.25, 0.3) is 0 Å². The molecule has 2 rings (SSSR count). The molecule has 3 nitrogen and oxygen atoms in total. The van der Waals surface area contributed by atoms with Crippen LogP contribution in [0.15, 0.2) is 28.7 Å². The van der Waals surface area contributed by atoms with Crippen LogP contribution in [0.2, 0.25) is 0 Å². The molecule has 0 bridgehead atoms. The van der Waals surface area contributed by atoms with Crippen LogP contribution in [-0.4, -0.2) is 18.6 Å². The molecule has 1 aliphatic rings. The number of carbonyl (C=O) groups excluding carboxylic acids is 1. The molecule has 0 aromatic heterocycles. The molecule has 86 valence electrons. The van der Waals surface area contributed by atoms with Crippen molar-refractivity contribution in [3.05, 3.63) is 34.3 Å². The molecule has 1 fully saturated rings. The molecule has 0 spiro atoms. The zero-order valence-electron chi connectivity index (χ0n) is 9.07. The third-order valence-electron chi connectivity index (χ3n) is 2.76. The number of esters is 1. The van der Waals surface area contributed by atoms with Crippen LogP contribution in [0.1, 0.15) is 24.9 Å². The van der Waals surface area contributed by atoms with Gasteiger partial charge in [-0.05, 0) is 18.6 Å². The lowest BCUT2D eigenvalue weighted by molar-refractivity contribution is -0.139. The van der Waals surface area contributed by atoms with Crippen molar-refractivity contribution in [2.24, 2.45) is 0 Å². The smallest absolute Gasteiger partial charge is 0.323 e. The summed E-state index contributed by atoms with van der Waals surface area (Å²) in [6, 6.07) is 7.98. The van der Waals surface area contributed by atoms with Crippen LogP contribution < -0.4 is 5.32 Å². The number of hydrogen-bond acceptors (Lipinski definition) is 3. The summed E-state index contributed by atoms with van der Waals surface area (Å²) in [7, 11) is 0. The van der Waals surface area contributed by atoms with Crippen molar-refractivity contribution in [3.8, 4) is 0 Å². The number of rotatable bonds is 3. The van der Waals surface area contributed by atoms with Gasteiger partial charge in [0.25, 0.3) is 0 Å². The van der Waals surface area contributed by atoms with Gasteiger partial charge in [-0.25, -0.2) is 0 Å². The Morgan fingerprint density at radius 3 is 2.88 bits per heavy atom. The number of carbonyl (C=O) groups is 1. The van der Waals surface area contributed by atoms with Gasteiger partial charge in [-0.3, -0.25) is 10.1 Å². The average Bonchev–Trinajstić information content (AvgIpc) is 2.65. The summed E-state index contributed by atoms with van der Waals surface area (Å²) in [5, 5.41) is 3.28. The second kappa shape index (κ2) is 4.97. The number of nitrogens with one attached hydrogen (secondary N) is 1. The first kappa shape index (κ1) is 11.6. The Bertz CT molecular complexity index is 394. The Morgan fingerprint density at radius 1 is 1.50 bits per heavy atom. The van der Waals surface area contributed by atoms with Crippen molar-refractivity contribution in [2.45, 2.75) is 25.4 Å². The minimum Gasteiger partial charge on any atom is -0.464 e. The Kier molecular flexibility index (Phi) is 3.61. The van der Waals surface area contributed by atoms with Gasteiger partial charge in [0.2, 0.25) is 0 Å². The van der Waals surface area contributed by atoms with Gasteiger partial charge in [0.1, 0.15) is 6.04 Å². The lowest BCUT2D eigenvalue weighted by atomic mass is 10.1. The summed E-state index contributed by atoms with van der Waals surface area (Å²) in [5.74, 6) is -0.140. The maximum atomic E-state index is 11.3. The zero-order valence-corrected chi connectivity index (χ0v) is 10.7. The van der Waals surface area contributed by atoms with E-state index in [9.17, 15) is 4.79 Å². The van der Waals surface area contributed by atoms with E-state index in [1.54, 1.807) is 0 Å². The summed E-state index contributed by atoms with van der Waals surface area (Å²) >= 11 is 3.51. The molecule has 0 aliphatic carbocycles. The standard InChI is InChI=1S/C12H14BrNO2/c1-8(9-4-2-3-5-10(9)13)14-11-6-7-16-12(11)15/h2-5,8,11,14H,6-7H2,1H3. The van der Waals surface area contributed by atoms with E-state index >= 15 is 0 Å². The Morgan fingerprint density at radius 2 is 2.25 bits per heavy atom. The number of ether oxygens (including phenoxy) is 1. The average molecular weight is 284 g/mol. The SMILES string of the molecule is CC(NC1CCOC1=O)c1ccccc1Br. The second-order valence-corrected chi connectivity index (χ2v) is 4.77. The highest BCUT2D eigenvalue weighted by Gasteiger charge is 2.27. The summed E-state index contributed by atoms with van der Waals surface area (Å²) in [6.45, 7) is 2.57. The highest BCUT2D eigenvalue weighted by molar-refractivity contribution is 9.10. The third kappa shape index (κ3) is 2.44. The normalized spacial score (nSPS) is 21.9. The summed E-state index contributed by atoms with van der Waals surface area (Å²) in [6.07, 6.45) is 0.758. The van der Waals surface area contributed by atoms with Gasteiger partial charge in [0.05, 0.1) is 6.61 Å². The first-order valence-corrected chi connectivity index (χ1v) is 6.15. The highest BCUT2D eigenvalue weighted by Crippen LogP contribution is 2.24. The molecule has 2 unspecified atom stereocenters. The number of hydrogen-bond donors (Lipinski definition) is 1. The highest BCUT2D eigenvalue weighted by atomic mass is 79.9. The van der Waals surface area contributed by atoms with E-state index in [0.29, 0.717) is 6.61 Å². The summed E-state index contributed by atoms with van der Waals surface area (Å²) in [5.41, 5.74) is 1.15. The topological polar surface area (TPSA) is 38.3 Å². The predicted octanol–water partition coefficient (Wildman–Crippen LogP) is 2.42. The molecule has 1 saturated heterocycles. The molecule has 0 saturated carbocycles. The maximum absolute atomic E-state index is 11.3. The molecular formula is C12H14BrNO2. The Labute approximate surface area is 103 Å². The minimum atomic E-state index is -0.165. The fourth-order valence-corrected chi connectivity index (χ4v) is 2.49. The van der Waals surface area contributed by atoms with Crippen LogP contribution >= 0.6 is 15.9 Å². The Hall–Kier alpha value is -0.870. The number of benzene rings is 1. The van der Waals surface area contributed by atoms with E-state index < -0.39 is 0 Å². The van der Waals surface area contributed by atoms with Gasteiger partial charge < -0.3 is 4.74 Å². The van der Waals surface area contributed by atoms with Gasteiger partial charge in [-0.2, -0.15) is 0 Å². The van der Waals surface area contributed by atoms with Gasteiger partial charge in [-0.15, -0.1) is 0 Å². The lowest BCUT2D eigenvalue weighted by Crippen LogP contribution is -2.35. The first-order valence-electron chi connectivity index (χ1n) is 5.35. The zero-order chi connectivity index (χ0) is 11.5. The maximum Gasteiger partial charge on any atom is 0.323 e. The number of halogens is 1. The van der Waals surface area contributed by atoms with E-state index in [4.69, 9.17) is 4.74 Å². The van der Waals surface area contributed by atoms with E-state index in [1.165, 1.54) is 0 Å². The van der Waals surface area contributed by atoms with Gasteiger partial charge >= 0.3 is 5.97 Å². The Balaban J connectivity index is 2.05. The molecule has 2 atom stereocenters. The van der Waals surface area contributed by atoms with Crippen molar-refractivity contribution in [3.63, 3.8) is 0 Å². The van der Waals surface area contributed by atoms with Gasteiger partial charge in [0, 0.05) is 16.9 Å². The largest absolute Gasteiger partial charge is 0.464 e. The van der Waals surface area contributed by atoms with E-state index in [1.807, 2.05) is 31.2 Å². The molecular weight excluding hydrogens is 270 g/mol. The molecule has 4 heteroatoms. The molecule has 16 heavy (non-hydrogen) atoms. The van der Waals surface area contributed by atoms with Crippen LogP contribution in [0.3, 0.4) is 0 Å². The molecule has 0 amide bonds. The monoisotopic (exact) mass is 283 g/mol. The predicted molar refractivity (Wildman–Crippen MR) is 65.1 cm³/mol. The van der Waals surface area contributed by atoms with Crippen LogP contribution in [-0.2, 0) is 9.53 Å². The van der Waals surface area contributed by atoms with Crippen molar-refractivity contribution >= 4 is 21.9 Å². The van der Waals surface area contributed by atoms with Crippen molar-refractivity contribution in [1.82, 2.24) is 5.32 Å². The van der Waals surface area contributed by atoms with E-state index in [0.717, 1.165) is 16.5 Å². The molecule has 1 aliphatic heterocycles. The minimum absolute atomic E-state index is 0.131. The van der Waals surface area contributed by atoms with Gasteiger partial charge in [-0.1, -0.05) is 34.1 Å². The lowest BCUT2D eigenvalue weighted by Gasteiger charge is -2.18. The van der Waals surface area contributed by atoms with Crippen LogP contribution in [0.5, 0.6) is 0 Å². The van der Waals surface area contributed by atoms with Crippen molar-refractivity contribution in [1.29, 1.82) is 0 Å². The molecule has 1 heterocycles. The number of cyclic esters (lactones) is 1. The fraction of sp³-hybridized carbons (Fsp3) is 0.417. The van der Waals surface area contributed by atoms with Crippen molar-refractivity contribution < 1.29 is 9.53 Å². The third-order valence-corrected chi connectivity index (χ3v) is 3.48. The molecule has 1 aromatic rings. The molecule has 0 radical (unpaired) electrons. The summed E-state index contributed by atoms with van der Waals surface area (Å²) < 4.78 is 5.98. The second-order valence-electron chi connectivity index (χ2n) is 3.92. The van der Waals surface area contributed by atoms with Crippen molar-refractivity contribution in [2.75, 3.05) is 6.61 Å². The van der Waals surface area contributed by atoms with Crippen LogP contribution in [0, 0.1) is 0 Å². The summed E-state index contributed by atoms with van der Waals surface area (Å²) in [4.78, 5) is 11.3. The molecule has 1 aromatic carbocycles.